The lowest BCUT2D eigenvalue weighted by Gasteiger charge is -2.28. The van der Waals surface area contributed by atoms with Crippen LogP contribution in [0.2, 0.25) is 0 Å². The summed E-state index contributed by atoms with van der Waals surface area (Å²) in [6, 6.07) is 98.6. The van der Waals surface area contributed by atoms with Gasteiger partial charge in [0.1, 0.15) is 0 Å². The van der Waals surface area contributed by atoms with Crippen molar-refractivity contribution in [2.24, 2.45) is 0 Å². The molecule has 15 aromatic rings. The van der Waals surface area contributed by atoms with Crippen LogP contribution in [0.15, 0.2) is 255 Å². The van der Waals surface area contributed by atoms with Crippen LogP contribution >= 0.6 is 0 Å². The average molecular weight is 1010 g/mol. The molecule has 4 aliphatic carbocycles. The van der Waals surface area contributed by atoms with Crippen LogP contribution in [0.4, 0.5) is 0 Å². The summed E-state index contributed by atoms with van der Waals surface area (Å²) in [7, 11) is 0. The summed E-state index contributed by atoms with van der Waals surface area (Å²) in [5.41, 5.74) is 27.2. The normalized spacial score (nSPS) is 15.0. The van der Waals surface area contributed by atoms with E-state index in [4.69, 9.17) is 0 Å². The van der Waals surface area contributed by atoms with Gasteiger partial charge >= 0.3 is 0 Å². The molecule has 0 aromatic heterocycles. The molecule has 0 aliphatic heterocycles. The lowest BCUT2D eigenvalue weighted by molar-refractivity contribution is 0.564. The van der Waals surface area contributed by atoms with E-state index >= 15 is 0 Å². The van der Waals surface area contributed by atoms with Crippen molar-refractivity contribution in [2.45, 2.75) is 36.5 Å². The SMILES string of the molecule is c1ccc2c(c1)CC1(C2)c2cc(-c3ccc(-c4ccc5c(c4)C4(Cc6ccccc6C4)c4cc(-c6ccc7ccc8cccc9ccc6c7c89)ccc4-5)cc3)ccc2-c2ccc(-c3ccc4ccc5cccc6ccc3c4c56)cc21. The van der Waals surface area contributed by atoms with E-state index in [0.29, 0.717) is 0 Å². The van der Waals surface area contributed by atoms with Gasteiger partial charge in [-0.2, -0.15) is 0 Å². The van der Waals surface area contributed by atoms with E-state index in [0.717, 1.165) is 25.7 Å². The first-order valence-electron chi connectivity index (χ1n) is 28.7. The van der Waals surface area contributed by atoms with Gasteiger partial charge in [-0.05, 0) is 226 Å². The fourth-order valence-electron chi connectivity index (χ4n) is 16.5. The van der Waals surface area contributed by atoms with Gasteiger partial charge in [-0.25, -0.2) is 0 Å². The number of rotatable bonds is 4. The molecule has 370 valence electrons. The Hall–Kier alpha value is -9.62. The summed E-state index contributed by atoms with van der Waals surface area (Å²) in [6.45, 7) is 0. The van der Waals surface area contributed by atoms with E-state index in [1.54, 1.807) is 0 Å². The quantitative estimate of drug-likeness (QED) is 0.154. The van der Waals surface area contributed by atoms with Crippen molar-refractivity contribution in [1.82, 2.24) is 0 Å². The van der Waals surface area contributed by atoms with E-state index in [9.17, 15) is 0 Å². The first-order chi connectivity index (χ1) is 39.5. The Bertz CT molecular complexity index is 4770. The van der Waals surface area contributed by atoms with Gasteiger partial charge in [0.2, 0.25) is 0 Å². The van der Waals surface area contributed by atoms with Gasteiger partial charge in [-0.15, -0.1) is 0 Å². The van der Waals surface area contributed by atoms with Gasteiger partial charge in [0.05, 0.1) is 0 Å². The first kappa shape index (κ1) is 43.4. The van der Waals surface area contributed by atoms with Crippen molar-refractivity contribution < 1.29 is 0 Å². The Balaban J connectivity index is 0.692. The summed E-state index contributed by atoms with van der Waals surface area (Å²) in [6.07, 6.45) is 4.01. The molecular weight excluding hydrogens is 961 g/mol. The van der Waals surface area contributed by atoms with Crippen LogP contribution in [-0.2, 0) is 36.5 Å². The zero-order chi connectivity index (χ0) is 52.0. The Morgan fingerprint density at radius 2 is 0.475 bits per heavy atom. The fraction of sp³-hybridized carbons (Fsp3) is 0.0750. The average Bonchev–Trinajstić information content (AvgIpc) is 4.45. The fourth-order valence-corrected chi connectivity index (χ4v) is 16.5. The standard InChI is InChI=1S/C80H50/c1-2-8-60-44-79(43-59(60)7-1)71-39-55(27-33-65(71)67-35-29-57(41-73(67)79)63-31-23-53-21-19-49-11-5-13-51-25-37-69(63)77(53)75(49)51)47-15-17-48(18-16-47)56-28-34-66-68-36-30-58(42-74(68)80(72(66)40-56)45-61-9-3-4-10-62(61)46-80)64-32-24-54-22-20-50-12-6-14-52-26-38-70(64)78(54)76(50)52/h1-42H,43-46H2. The van der Waals surface area contributed by atoms with Gasteiger partial charge in [0, 0.05) is 10.8 Å². The van der Waals surface area contributed by atoms with Crippen LogP contribution in [0.5, 0.6) is 0 Å². The highest BCUT2D eigenvalue weighted by Gasteiger charge is 2.49. The third-order valence-corrected chi connectivity index (χ3v) is 20.2. The molecule has 0 amide bonds. The number of benzene rings is 15. The molecule has 15 aromatic carbocycles. The van der Waals surface area contributed by atoms with E-state index in [1.165, 1.54) is 176 Å². The Morgan fingerprint density at radius 1 is 0.200 bits per heavy atom. The number of fused-ring (bicyclic) bond motifs is 12. The van der Waals surface area contributed by atoms with E-state index in [-0.39, 0.29) is 10.8 Å². The molecule has 2 spiro atoms. The van der Waals surface area contributed by atoms with Gasteiger partial charge < -0.3 is 0 Å². The van der Waals surface area contributed by atoms with Crippen LogP contribution in [0.3, 0.4) is 0 Å². The maximum Gasteiger partial charge on any atom is 0.0296 e. The largest absolute Gasteiger partial charge is 0.0620 e. The lowest BCUT2D eigenvalue weighted by Crippen LogP contribution is -2.26. The Labute approximate surface area is 464 Å². The molecule has 0 saturated heterocycles. The second-order valence-corrected chi connectivity index (χ2v) is 24.0. The van der Waals surface area contributed by atoms with Crippen molar-refractivity contribution in [3.63, 3.8) is 0 Å². The molecule has 0 bridgehead atoms. The summed E-state index contributed by atoms with van der Waals surface area (Å²) in [4.78, 5) is 0. The minimum absolute atomic E-state index is 0.148. The third-order valence-electron chi connectivity index (χ3n) is 20.2. The van der Waals surface area contributed by atoms with E-state index < -0.39 is 0 Å². The van der Waals surface area contributed by atoms with E-state index in [2.05, 4.69) is 255 Å². The van der Waals surface area contributed by atoms with Crippen LogP contribution < -0.4 is 0 Å². The van der Waals surface area contributed by atoms with Crippen LogP contribution in [-0.4, -0.2) is 0 Å². The minimum Gasteiger partial charge on any atom is -0.0620 e. The highest BCUT2D eigenvalue weighted by atomic mass is 14.5. The van der Waals surface area contributed by atoms with E-state index in [1.807, 2.05) is 0 Å². The maximum atomic E-state index is 2.57. The molecule has 0 unspecified atom stereocenters. The Morgan fingerprint density at radius 3 is 0.838 bits per heavy atom. The predicted octanol–water partition coefficient (Wildman–Crippen LogP) is 20.3. The summed E-state index contributed by atoms with van der Waals surface area (Å²) < 4.78 is 0. The lowest BCUT2D eigenvalue weighted by atomic mass is 9.74. The summed E-state index contributed by atoms with van der Waals surface area (Å²) >= 11 is 0. The maximum absolute atomic E-state index is 2.57. The molecular formula is C80H50. The molecule has 80 heavy (non-hydrogen) atoms. The second kappa shape index (κ2) is 15.6. The molecule has 0 N–H and O–H groups in total. The van der Waals surface area contributed by atoms with Crippen molar-refractivity contribution >= 4 is 64.6 Å². The second-order valence-electron chi connectivity index (χ2n) is 24.0. The smallest absolute Gasteiger partial charge is 0.0296 e. The molecule has 19 rings (SSSR count). The first-order valence-corrected chi connectivity index (χ1v) is 28.7. The minimum atomic E-state index is -0.148. The summed E-state index contributed by atoms with van der Waals surface area (Å²) in [5.74, 6) is 0. The van der Waals surface area contributed by atoms with Crippen LogP contribution in [0.1, 0.15) is 44.5 Å². The van der Waals surface area contributed by atoms with Crippen LogP contribution in [0.25, 0.3) is 131 Å². The summed E-state index contributed by atoms with van der Waals surface area (Å²) in [5, 5.41) is 16.0. The van der Waals surface area contributed by atoms with Crippen molar-refractivity contribution in [1.29, 1.82) is 0 Å². The zero-order valence-electron chi connectivity index (χ0n) is 44.1. The monoisotopic (exact) mass is 1010 g/mol. The topological polar surface area (TPSA) is 0 Å². The predicted molar refractivity (Wildman–Crippen MR) is 336 cm³/mol. The van der Waals surface area contributed by atoms with Gasteiger partial charge in [-0.3, -0.25) is 0 Å². The molecule has 0 heterocycles. The molecule has 0 atom stereocenters. The highest BCUT2D eigenvalue weighted by molar-refractivity contribution is 6.27. The van der Waals surface area contributed by atoms with Gasteiger partial charge in [-0.1, -0.05) is 231 Å². The highest BCUT2D eigenvalue weighted by Crippen LogP contribution is 2.59. The molecule has 0 radical (unpaired) electrons. The van der Waals surface area contributed by atoms with Gasteiger partial charge in [0.15, 0.2) is 0 Å². The molecule has 0 heteroatoms. The number of hydrogen-bond acceptors (Lipinski definition) is 0. The molecule has 0 fully saturated rings. The van der Waals surface area contributed by atoms with Crippen molar-refractivity contribution in [2.75, 3.05) is 0 Å². The Kier molecular flexibility index (Phi) is 8.44. The number of hydrogen-bond donors (Lipinski definition) is 0. The molecule has 0 saturated carbocycles. The van der Waals surface area contributed by atoms with Crippen molar-refractivity contribution in [3.05, 3.63) is 299 Å². The van der Waals surface area contributed by atoms with Crippen molar-refractivity contribution in [3.8, 4) is 66.8 Å². The third kappa shape index (κ3) is 5.75. The van der Waals surface area contributed by atoms with Crippen LogP contribution in [0, 0.1) is 0 Å². The zero-order valence-corrected chi connectivity index (χ0v) is 44.1. The molecule has 4 aliphatic rings. The molecule has 0 nitrogen and oxygen atoms in total. The van der Waals surface area contributed by atoms with Gasteiger partial charge in [0.25, 0.3) is 0 Å².